The monoisotopic (exact) mass is 464 g/mol. The van der Waals surface area contributed by atoms with Gasteiger partial charge in [-0.3, -0.25) is 14.9 Å². The highest BCUT2D eigenvalue weighted by Gasteiger charge is 2.35. The number of hydrogen-bond donors (Lipinski definition) is 1. The molecule has 10 heteroatoms. The molecular weight excluding hydrogens is 435 g/mol. The molecule has 0 heterocycles. The third-order valence-corrected chi connectivity index (χ3v) is 6.39. The molecule has 0 saturated heterocycles. The van der Waals surface area contributed by atoms with Gasteiger partial charge in [0.05, 0.1) is 11.5 Å². The first-order valence-electron chi connectivity index (χ1n) is 10.5. The Morgan fingerprint density at radius 1 is 0.969 bits per heavy atom. The van der Waals surface area contributed by atoms with E-state index in [-0.39, 0.29) is 36.1 Å². The van der Waals surface area contributed by atoms with Crippen molar-refractivity contribution in [3.8, 4) is 11.5 Å². The molecule has 2 unspecified atom stereocenters. The molecule has 2 rings (SSSR count). The molecule has 2 atom stereocenters. The van der Waals surface area contributed by atoms with Crippen LogP contribution in [0, 0.1) is 16.0 Å². The summed E-state index contributed by atoms with van der Waals surface area (Å²) in [4.78, 5) is 22.9. The van der Waals surface area contributed by atoms with Gasteiger partial charge in [-0.15, -0.1) is 0 Å². The number of nitrogens with one attached hydrogen (secondary N) is 1. The number of esters is 1. The number of para-hydroxylation sites is 1. The summed E-state index contributed by atoms with van der Waals surface area (Å²) in [6.07, 6.45) is 2.05. The van der Waals surface area contributed by atoms with Crippen LogP contribution < -0.4 is 14.1 Å². The second-order valence-corrected chi connectivity index (χ2v) is 8.76. The number of nitro groups is 1. The lowest BCUT2D eigenvalue weighted by atomic mass is 10.1. The SMILES string of the molecule is CCC(CC)COC(=O)C(CC)NP(=O)(Oc1ccccc1)Oc1ccc([N+](=O)[O-])cc1. The summed E-state index contributed by atoms with van der Waals surface area (Å²) in [5.74, 6) is 0.0527. The molecule has 2 aromatic carbocycles. The van der Waals surface area contributed by atoms with Crippen molar-refractivity contribution in [2.24, 2.45) is 5.92 Å². The van der Waals surface area contributed by atoms with E-state index in [4.69, 9.17) is 13.8 Å². The molecule has 0 aliphatic rings. The summed E-state index contributed by atoms with van der Waals surface area (Å²) in [6, 6.07) is 12.5. The Morgan fingerprint density at radius 3 is 2.03 bits per heavy atom. The Kier molecular flexibility index (Phi) is 9.68. The zero-order chi connectivity index (χ0) is 23.6. The van der Waals surface area contributed by atoms with Crippen LogP contribution in [0.2, 0.25) is 0 Å². The first kappa shape index (κ1) is 25.4. The highest BCUT2D eigenvalue weighted by molar-refractivity contribution is 7.52. The molecule has 9 nitrogen and oxygen atoms in total. The average molecular weight is 464 g/mol. The van der Waals surface area contributed by atoms with E-state index in [1.165, 1.54) is 24.3 Å². The van der Waals surface area contributed by atoms with E-state index in [1.54, 1.807) is 37.3 Å². The first-order valence-corrected chi connectivity index (χ1v) is 12.1. The Bertz CT molecular complexity index is 918. The van der Waals surface area contributed by atoms with Crippen molar-refractivity contribution in [3.63, 3.8) is 0 Å². The average Bonchev–Trinajstić information content (AvgIpc) is 2.79. The van der Waals surface area contributed by atoms with Crippen LogP contribution in [0.5, 0.6) is 11.5 Å². The fourth-order valence-corrected chi connectivity index (χ4v) is 4.40. The largest absolute Gasteiger partial charge is 0.513 e. The van der Waals surface area contributed by atoms with Crippen molar-refractivity contribution in [1.82, 2.24) is 5.09 Å². The lowest BCUT2D eigenvalue weighted by Gasteiger charge is -2.24. The minimum absolute atomic E-state index is 0.0858. The zero-order valence-corrected chi connectivity index (χ0v) is 19.3. The molecule has 32 heavy (non-hydrogen) atoms. The maximum Gasteiger partial charge on any atom is 0.513 e. The molecule has 0 saturated carbocycles. The number of nitrogens with zero attached hydrogens (tertiary/aromatic N) is 1. The molecule has 0 aromatic heterocycles. The minimum Gasteiger partial charge on any atom is -0.464 e. The van der Waals surface area contributed by atoms with E-state index in [0.717, 1.165) is 12.8 Å². The second kappa shape index (κ2) is 12.2. The van der Waals surface area contributed by atoms with Gasteiger partial charge in [0.1, 0.15) is 17.5 Å². The topological polar surface area (TPSA) is 117 Å². The summed E-state index contributed by atoms with van der Waals surface area (Å²) in [6.45, 7) is 6.07. The number of hydrogen-bond acceptors (Lipinski definition) is 7. The van der Waals surface area contributed by atoms with Crippen LogP contribution in [0.4, 0.5) is 5.69 Å². The van der Waals surface area contributed by atoms with Crippen LogP contribution in [-0.2, 0) is 14.1 Å². The number of ether oxygens (including phenoxy) is 1. The van der Waals surface area contributed by atoms with Crippen molar-refractivity contribution in [3.05, 3.63) is 64.7 Å². The number of rotatable bonds is 13. The molecule has 174 valence electrons. The van der Waals surface area contributed by atoms with Gasteiger partial charge < -0.3 is 13.8 Å². The molecule has 0 fully saturated rings. The highest BCUT2D eigenvalue weighted by Crippen LogP contribution is 2.45. The van der Waals surface area contributed by atoms with Crippen LogP contribution in [-0.4, -0.2) is 23.5 Å². The summed E-state index contributed by atoms with van der Waals surface area (Å²) >= 11 is 0. The molecule has 0 amide bonds. The quantitative estimate of drug-likeness (QED) is 0.179. The first-order chi connectivity index (χ1) is 15.3. The molecular formula is C22H29N2O7P. The third-order valence-electron chi connectivity index (χ3n) is 4.86. The van der Waals surface area contributed by atoms with Crippen LogP contribution in [0.1, 0.15) is 40.0 Å². The number of non-ortho nitro benzene ring substituents is 1. The number of nitro benzene ring substituents is 1. The lowest BCUT2D eigenvalue weighted by molar-refractivity contribution is -0.384. The van der Waals surface area contributed by atoms with E-state index >= 15 is 0 Å². The van der Waals surface area contributed by atoms with Crippen molar-refractivity contribution in [2.45, 2.75) is 46.1 Å². The van der Waals surface area contributed by atoms with Crippen LogP contribution in [0.3, 0.4) is 0 Å². The van der Waals surface area contributed by atoms with Gasteiger partial charge in [-0.25, -0.2) is 4.57 Å². The fraction of sp³-hybridized carbons (Fsp3) is 0.409. The van der Waals surface area contributed by atoms with Crippen LogP contribution >= 0.6 is 7.75 Å². The Morgan fingerprint density at radius 2 is 1.53 bits per heavy atom. The molecule has 0 bridgehead atoms. The number of carbonyl (C=O) groups excluding carboxylic acids is 1. The molecule has 0 aliphatic carbocycles. The van der Waals surface area contributed by atoms with E-state index in [2.05, 4.69) is 5.09 Å². The Labute approximate surface area is 187 Å². The van der Waals surface area contributed by atoms with Crippen LogP contribution in [0.25, 0.3) is 0 Å². The summed E-state index contributed by atoms with van der Waals surface area (Å²) in [5.41, 5.74) is -0.138. The van der Waals surface area contributed by atoms with Gasteiger partial charge in [0, 0.05) is 12.1 Å². The normalized spacial score (nSPS) is 13.8. The van der Waals surface area contributed by atoms with E-state index in [1.807, 2.05) is 13.8 Å². The Balaban J connectivity index is 2.21. The smallest absolute Gasteiger partial charge is 0.464 e. The van der Waals surface area contributed by atoms with E-state index < -0.39 is 24.7 Å². The molecule has 0 radical (unpaired) electrons. The third kappa shape index (κ3) is 7.66. The van der Waals surface area contributed by atoms with Gasteiger partial charge in [0.15, 0.2) is 0 Å². The lowest BCUT2D eigenvalue weighted by Crippen LogP contribution is -2.38. The summed E-state index contributed by atoms with van der Waals surface area (Å²) < 4.78 is 30.2. The van der Waals surface area contributed by atoms with Gasteiger partial charge in [-0.2, -0.15) is 5.09 Å². The van der Waals surface area contributed by atoms with Gasteiger partial charge in [-0.05, 0) is 36.6 Å². The fourth-order valence-electron chi connectivity index (χ4n) is 2.79. The standard InChI is InChI=1S/C22H29N2O7P/c1-4-17(5-2)16-29-22(25)21(6-3)23-32(28,30-19-10-8-7-9-11-19)31-20-14-12-18(13-15-20)24(26)27/h7-15,17,21H,4-6,16H2,1-3H3,(H,23,28). The highest BCUT2D eigenvalue weighted by atomic mass is 31.2. The second-order valence-electron chi connectivity index (χ2n) is 7.15. The minimum atomic E-state index is -4.11. The summed E-state index contributed by atoms with van der Waals surface area (Å²) in [5, 5.41) is 13.5. The van der Waals surface area contributed by atoms with Crippen molar-refractivity contribution < 1.29 is 28.1 Å². The molecule has 0 spiro atoms. The maximum atomic E-state index is 13.6. The van der Waals surface area contributed by atoms with Crippen molar-refractivity contribution >= 4 is 19.4 Å². The van der Waals surface area contributed by atoms with E-state index in [0.29, 0.717) is 0 Å². The summed E-state index contributed by atoms with van der Waals surface area (Å²) in [7, 11) is -4.11. The van der Waals surface area contributed by atoms with Gasteiger partial charge in [0.2, 0.25) is 0 Å². The van der Waals surface area contributed by atoms with Crippen molar-refractivity contribution in [2.75, 3.05) is 6.61 Å². The van der Waals surface area contributed by atoms with Crippen LogP contribution in [0.15, 0.2) is 54.6 Å². The number of benzene rings is 2. The van der Waals surface area contributed by atoms with Gasteiger partial charge in [-0.1, -0.05) is 51.8 Å². The van der Waals surface area contributed by atoms with Gasteiger partial charge >= 0.3 is 13.7 Å². The maximum absolute atomic E-state index is 13.6. The van der Waals surface area contributed by atoms with Gasteiger partial charge in [0.25, 0.3) is 5.69 Å². The predicted molar refractivity (Wildman–Crippen MR) is 121 cm³/mol. The molecule has 2 aromatic rings. The Hall–Kier alpha value is -2.90. The predicted octanol–water partition coefficient (Wildman–Crippen LogP) is 5.51. The molecule has 0 aliphatic heterocycles. The van der Waals surface area contributed by atoms with Crippen molar-refractivity contribution in [1.29, 1.82) is 0 Å². The molecule has 1 N–H and O–H groups in total. The zero-order valence-electron chi connectivity index (χ0n) is 18.4. The van der Waals surface area contributed by atoms with E-state index in [9.17, 15) is 19.5 Å². The number of carbonyl (C=O) groups is 1.